The highest BCUT2D eigenvalue weighted by Gasteiger charge is 2.08. The lowest BCUT2D eigenvalue weighted by Crippen LogP contribution is -1.99. The van der Waals surface area contributed by atoms with E-state index in [-0.39, 0.29) is 0 Å². The zero-order chi connectivity index (χ0) is 13.1. The van der Waals surface area contributed by atoms with Gasteiger partial charge in [0, 0.05) is 10.0 Å². The number of ether oxygens (including phenoxy) is 1. The number of benzene rings is 2. The molecular formula is C13H10BrCl2NO. The van der Waals surface area contributed by atoms with Crippen LogP contribution in [0.5, 0.6) is 5.75 Å². The van der Waals surface area contributed by atoms with Crippen molar-refractivity contribution < 1.29 is 4.74 Å². The summed E-state index contributed by atoms with van der Waals surface area (Å²) in [6.07, 6.45) is 0. The van der Waals surface area contributed by atoms with E-state index in [9.17, 15) is 0 Å². The second-order valence-electron chi connectivity index (χ2n) is 3.72. The Morgan fingerprint density at radius 3 is 2.33 bits per heavy atom. The van der Waals surface area contributed by atoms with E-state index < -0.39 is 0 Å². The molecule has 0 radical (unpaired) electrons. The molecule has 5 heteroatoms. The van der Waals surface area contributed by atoms with Crippen molar-refractivity contribution in [2.24, 2.45) is 0 Å². The van der Waals surface area contributed by atoms with Crippen molar-refractivity contribution in [2.75, 3.05) is 5.73 Å². The van der Waals surface area contributed by atoms with E-state index in [1.165, 1.54) is 0 Å². The molecule has 0 atom stereocenters. The molecule has 0 aromatic heterocycles. The van der Waals surface area contributed by atoms with Crippen molar-refractivity contribution in [3.05, 3.63) is 56.5 Å². The summed E-state index contributed by atoms with van der Waals surface area (Å²) in [4.78, 5) is 0. The Morgan fingerprint density at radius 1 is 1.06 bits per heavy atom. The highest BCUT2D eigenvalue weighted by atomic mass is 79.9. The van der Waals surface area contributed by atoms with Crippen LogP contribution >= 0.6 is 39.1 Å². The first-order valence-electron chi connectivity index (χ1n) is 5.18. The lowest BCUT2D eigenvalue weighted by Gasteiger charge is -2.11. The zero-order valence-electron chi connectivity index (χ0n) is 9.29. The van der Waals surface area contributed by atoms with Gasteiger partial charge in [-0.15, -0.1) is 0 Å². The molecular weight excluding hydrogens is 337 g/mol. The fourth-order valence-corrected chi connectivity index (χ4v) is 2.54. The highest BCUT2D eigenvalue weighted by molar-refractivity contribution is 9.10. The molecule has 0 amide bonds. The van der Waals surface area contributed by atoms with Gasteiger partial charge < -0.3 is 10.5 Å². The van der Waals surface area contributed by atoms with Gasteiger partial charge in [0.25, 0.3) is 0 Å². The van der Waals surface area contributed by atoms with Gasteiger partial charge in [0.1, 0.15) is 6.61 Å². The quantitative estimate of drug-likeness (QED) is 0.801. The molecule has 0 saturated heterocycles. The van der Waals surface area contributed by atoms with Gasteiger partial charge in [0.15, 0.2) is 5.75 Å². The van der Waals surface area contributed by atoms with E-state index in [1.54, 1.807) is 12.1 Å². The van der Waals surface area contributed by atoms with Crippen LogP contribution in [0, 0.1) is 0 Å². The van der Waals surface area contributed by atoms with Gasteiger partial charge in [-0.3, -0.25) is 0 Å². The van der Waals surface area contributed by atoms with Gasteiger partial charge in [-0.2, -0.15) is 0 Å². The Bertz CT molecular complexity index is 534. The summed E-state index contributed by atoms with van der Waals surface area (Å²) in [5.41, 5.74) is 7.37. The van der Waals surface area contributed by atoms with E-state index in [0.29, 0.717) is 28.1 Å². The summed E-state index contributed by atoms with van der Waals surface area (Å²) in [5, 5.41) is 1.27. The van der Waals surface area contributed by atoms with E-state index in [2.05, 4.69) is 15.9 Å². The minimum Gasteiger partial charge on any atom is -0.486 e. The maximum Gasteiger partial charge on any atom is 0.156 e. The number of halogens is 3. The number of nitrogen functional groups attached to an aromatic ring is 1. The van der Waals surface area contributed by atoms with E-state index in [4.69, 9.17) is 33.7 Å². The third-order valence-electron chi connectivity index (χ3n) is 2.33. The van der Waals surface area contributed by atoms with E-state index in [0.717, 1.165) is 10.0 Å². The molecule has 0 aliphatic rings. The molecule has 2 rings (SSSR count). The molecule has 0 unspecified atom stereocenters. The van der Waals surface area contributed by atoms with Crippen molar-refractivity contribution in [3.63, 3.8) is 0 Å². The largest absolute Gasteiger partial charge is 0.486 e. The van der Waals surface area contributed by atoms with Crippen LogP contribution in [-0.4, -0.2) is 0 Å². The smallest absolute Gasteiger partial charge is 0.156 e. The molecule has 0 fully saturated rings. The van der Waals surface area contributed by atoms with Gasteiger partial charge in [0.05, 0.1) is 10.2 Å². The molecule has 0 aliphatic heterocycles. The first-order chi connectivity index (χ1) is 8.56. The fraction of sp³-hybridized carbons (Fsp3) is 0.0769. The topological polar surface area (TPSA) is 35.2 Å². The average Bonchev–Trinajstić information content (AvgIpc) is 2.30. The maximum atomic E-state index is 5.88. The van der Waals surface area contributed by atoms with Gasteiger partial charge in [-0.1, -0.05) is 35.3 Å². The predicted octanol–water partition coefficient (Wildman–Crippen LogP) is 4.92. The zero-order valence-corrected chi connectivity index (χ0v) is 12.4. The average molecular weight is 347 g/mol. The minimum absolute atomic E-state index is 0.418. The maximum absolute atomic E-state index is 5.88. The molecule has 0 heterocycles. The summed E-state index contributed by atoms with van der Waals surface area (Å²) >= 11 is 15.1. The van der Waals surface area contributed by atoms with E-state index >= 15 is 0 Å². The number of hydrogen-bond acceptors (Lipinski definition) is 2. The number of hydrogen-bond donors (Lipinski definition) is 1. The molecule has 2 aromatic rings. The van der Waals surface area contributed by atoms with Crippen molar-refractivity contribution in [1.82, 2.24) is 0 Å². The highest BCUT2D eigenvalue weighted by Crippen LogP contribution is 2.35. The van der Waals surface area contributed by atoms with Crippen LogP contribution in [0.4, 0.5) is 5.69 Å². The second kappa shape index (κ2) is 5.83. The molecule has 0 bridgehead atoms. The van der Waals surface area contributed by atoms with Gasteiger partial charge >= 0.3 is 0 Å². The minimum atomic E-state index is 0.418. The molecule has 18 heavy (non-hydrogen) atoms. The number of nitrogens with two attached hydrogens (primary N) is 1. The van der Waals surface area contributed by atoms with E-state index in [1.807, 2.05) is 24.3 Å². The van der Waals surface area contributed by atoms with Crippen LogP contribution < -0.4 is 10.5 Å². The predicted molar refractivity (Wildman–Crippen MR) is 79.3 cm³/mol. The van der Waals surface area contributed by atoms with Crippen molar-refractivity contribution >= 4 is 44.8 Å². The Balaban J connectivity index is 2.13. The summed E-state index contributed by atoms with van der Waals surface area (Å²) in [5.74, 6) is 0.592. The van der Waals surface area contributed by atoms with Crippen LogP contribution in [0.1, 0.15) is 5.56 Å². The molecule has 2 N–H and O–H groups in total. The van der Waals surface area contributed by atoms with Crippen molar-refractivity contribution in [3.8, 4) is 5.75 Å². The van der Waals surface area contributed by atoms with Crippen molar-refractivity contribution in [1.29, 1.82) is 0 Å². The summed E-state index contributed by atoms with van der Waals surface area (Å²) in [7, 11) is 0. The SMILES string of the molecule is Nc1cc(Cl)cc(Br)c1OCc1ccc(Cl)cc1. The van der Waals surface area contributed by atoms with Gasteiger partial charge in [-0.25, -0.2) is 0 Å². The Morgan fingerprint density at radius 2 is 1.72 bits per heavy atom. The lowest BCUT2D eigenvalue weighted by molar-refractivity contribution is 0.306. The van der Waals surface area contributed by atoms with Gasteiger partial charge in [0.2, 0.25) is 0 Å². The summed E-state index contributed by atoms with van der Waals surface area (Å²) in [6, 6.07) is 10.9. The molecule has 2 nitrogen and oxygen atoms in total. The summed E-state index contributed by atoms with van der Waals surface area (Å²) < 4.78 is 6.41. The Kier molecular flexibility index (Phi) is 4.38. The second-order valence-corrected chi connectivity index (χ2v) is 5.45. The monoisotopic (exact) mass is 345 g/mol. The third-order valence-corrected chi connectivity index (χ3v) is 3.39. The lowest BCUT2D eigenvalue weighted by atomic mass is 10.2. The number of rotatable bonds is 3. The summed E-state index contributed by atoms with van der Waals surface area (Å²) in [6.45, 7) is 0.418. The molecule has 0 aliphatic carbocycles. The van der Waals surface area contributed by atoms with Crippen LogP contribution in [0.3, 0.4) is 0 Å². The van der Waals surface area contributed by atoms with Gasteiger partial charge in [-0.05, 0) is 45.8 Å². The normalized spacial score (nSPS) is 10.4. The molecule has 94 valence electrons. The van der Waals surface area contributed by atoms with Crippen molar-refractivity contribution in [2.45, 2.75) is 6.61 Å². The van der Waals surface area contributed by atoms with Crippen LogP contribution in [-0.2, 0) is 6.61 Å². The molecule has 2 aromatic carbocycles. The van der Waals surface area contributed by atoms with Crippen LogP contribution in [0.25, 0.3) is 0 Å². The Hall–Kier alpha value is -0.900. The first kappa shape index (κ1) is 13.5. The standard InChI is InChI=1S/C13H10BrCl2NO/c14-11-5-10(16)6-12(17)13(11)18-7-8-1-3-9(15)4-2-8/h1-6H,7,17H2. The number of anilines is 1. The van der Waals surface area contributed by atoms with Crippen LogP contribution in [0.15, 0.2) is 40.9 Å². The Labute approximate surface area is 124 Å². The first-order valence-corrected chi connectivity index (χ1v) is 6.73. The molecule has 0 spiro atoms. The third kappa shape index (κ3) is 3.31. The molecule has 0 saturated carbocycles. The van der Waals surface area contributed by atoms with Crippen LogP contribution in [0.2, 0.25) is 10.0 Å². The fourth-order valence-electron chi connectivity index (χ4n) is 1.47.